The maximum Gasteiger partial charge on any atom is 0.341 e. The van der Waals surface area contributed by atoms with Crippen molar-refractivity contribution in [1.82, 2.24) is 4.90 Å². The number of nitrogens with zero attached hydrogens (tertiary/aromatic N) is 1. The van der Waals surface area contributed by atoms with Crippen LogP contribution in [0.3, 0.4) is 0 Å². The van der Waals surface area contributed by atoms with E-state index in [9.17, 15) is 9.59 Å². The van der Waals surface area contributed by atoms with Crippen LogP contribution in [-0.2, 0) is 16.0 Å². The molecule has 4 saturated carbocycles. The molecule has 5 nitrogen and oxygen atoms in total. The number of benzene rings is 1. The number of hydrogen-bond acceptors (Lipinski definition) is 3. The highest BCUT2D eigenvalue weighted by molar-refractivity contribution is 5.79. The lowest BCUT2D eigenvalue weighted by atomic mass is 9.54. The number of hydrogen-bond donors (Lipinski definition) is 1. The van der Waals surface area contributed by atoms with Gasteiger partial charge in [0.15, 0.2) is 6.61 Å². The van der Waals surface area contributed by atoms with Gasteiger partial charge in [-0.15, -0.1) is 0 Å². The summed E-state index contributed by atoms with van der Waals surface area (Å²) in [4.78, 5) is 25.8. The second-order valence-electron chi connectivity index (χ2n) is 8.83. The molecule has 4 aliphatic carbocycles. The molecule has 0 aliphatic heterocycles. The number of carbonyl (C=O) groups is 2. The molecule has 0 radical (unpaired) electrons. The van der Waals surface area contributed by atoms with Crippen molar-refractivity contribution in [2.45, 2.75) is 51.5 Å². The second-order valence-corrected chi connectivity index (χ2v) is 8.83. The molecule has 0 saturated heterocycles. The zero-order valence-corrected chi connectivity index (χ0v) is 16.2. The van der Waals surface area contributed by atoms with E-state index in [1.807, 2.05) is 31.0 Å². The third-order valence-electron chi connectivity index (χ3n) is 7.11. The Morgan fingerprint density at radius 1 is 1.11 bits per heavy atom. The van der Waals surface area contributed by atoms with Gasteiger partial charge in [0.25, 0.3) is 0 Å². The lowest BCUT2D eigenvalue weighted by Gasteiger charge is -2.56. The summed E-state index contributed by atoms with van der Waals surface area (Å²) in [6.45, 7) is 1.52. The van der Waals surface area contributed by atoms with Crippen LogP contribution in [0, 0.1) is 30.6 Å². The number of amides is 1. The summed E-state index contributed by atoms with van der Waals surface area (Å²) in [5.74, 6) is 2.86. The molecule has 0 spiro atoms. The van der Waals surface area contributed by atoms with E-state index in [1.165, 1.54) is 32.1 Å². The van der Waals surface area contributed by atoms with Crippen molar-refractivity contribution in [3.8, 4) is 5.75 Å². The van der Waals surface area contributed by atoms with Crippen LogP contribution in [-0.4, -0.2) is 41.6 Å². The van der Waals surface area contributed by atoms with Crippen molar-refractivity contribution in [3.05, 3.63) is 29.3 Å². The van der Waals surface area contributed by atoms with Gasteiger partial charge in [-0.05, 0) is 79.9 Å². The van der Waals surface area contributed by atoms with Gasteiger partial charge >= 0.3 is 5.97 Å². The van der Waals surface area contributed by atoms with Crippen molar-refractivity contribution < 1.29 is 19.4 Å². The monoisotopic (exact) mass is 371 g/mol. The third-order valence-corrected chi connectivity index (χ3v) is 7.11. The number of carbonyl (C=O) groups excluding carboxylic acids is 1. The molecule has 5 heteroatoms. The van der Waals surface area contributed by atoms with Crippen LogP contribution in [0.1, 0.15) is 43.2 Å². The molecule has 5 rings (SSSR count). The summed E-state index contributed by atoms with van der Waals surface area (Å²) < 4.78 is 5.35. The zero-order chi connectivity index (χ0) is 19.1. The van der Waals surface area contributed by atoms with Crippen molar-refractivity contribution in [3.63, 3.8) is 0 Å². The Labute approximate surface area is 160 Å². The Morgan fingerprint density at radius 3 is 2.33 bits per heavy atom. The lowest BCUT2D eigenvalue weighted by Crippen LogP contribution is -2.56. The van der Waals surface area contributed by atoms with Crippen LogP contribution < -0.4 is 4.74 Å². The maximum absolute atomic E-state index is 13.1. The second kappa shape index (κ2) is 7.17. The van der Waals surface area contributed by atoms with Crippen LogP contribution in [0.5, 0.6) is 5.75 Å². The normalized spacial score (nSPS) is 31.0. The molecule has 0 aromatic heterocycles. The van der Waals surface area contributed by atoms with Crippen molar-refractivity contribution in [1.29, 1.82) is 0 Å². The fourth-order valence-electron chi connectivity index (χ4n) is 6.13. The Kier molecular flexibility index (Phi) is 4.87. The standard InChI is InChI=1S/C22H29NO4/c1-13-16(4-3-5-19(13)27-12-21(25)26)11-20(24)23(2)22-17-7-14-6-15(9-17)10-18(22)8-14/h3-5,14-15,17-18,22H,6-12H2,1-2H3,(H,25,26). The van der Waals surface area contributed by atoms with Gasteiger partial charge in [0.1, 0.15) is 5.75 Å². The smallest absolute Gasteiger partial charge is 0.341 e. The number of carboxylic acid groups (broad SMARTS) is 1. The number of likely N-dealkylation sites (N-methyl/N-ethyl adjacent to an activating group) is 1. The van der Waals surface area contributed by atoms with E-state index in [-0.39, 0.29) is 12.5 Å². The summed E-state index contributed by atoms with van der Waals surface area (Å²) in [7, 11) is 1.98. The average molecular weight is 371 g/mol. The van der Waals surface area contributed by atoms with Crippen LogP contribution in [0.4, 0.5) is 0 Å². The first-order chi connectivity index (χ1) is 12.9. The minimum Gasteiger partial charge on any atom is -0.482 e. The van der Waals surface area contributed by atoms with Crippen molar-refractivity contribution in [2.75, 3.05) is 13.7 Å². The molecule has 4 fully saturated rings. The quantitative estimate of drug-likeness (QED) is 0.833. The highest BCUT2D eigenvalue weighted by Gasteiger charge is 2.50. The first-order valence-corrected chi connectivity index (χ1v) is 10.1. The van der Waals surface area contributed by atoms with Gasteiger partial charge in [0, 0.05) is 13.1 Å². The minimum absolute atomic E-state index is 0.158. The van der Waals surface area contributed by atoms with E-state index in [4.69, 9.17) is 9.84 Å². The Balaban J connectivity index is 1.44. The Hall–Kier alpha value is -2.04. The van der Waals surface area contributed by atoms with Gasteiger partial charge in [-0.2, -0.15) is 0 Å². The average Bonchev–Trinajstić information content (AvgIpc) is 2.61. The van der Waals surface area contributed by atoms with Gasteiger partial charge in [-0.25, -0.2) is 4.79 Å². The van der Waals surface area contributed by atoms with Gasteiger partial charge in [0.05, 0.1) is 6.42 Å². The molecule has 0 unspecified atom stereocenters. The molecule has 146 valence electrons. The predicted molar refractivity (Wildman–Crippen MR) is 102 cm³/mol. The van der Waals surface area contributed by atoms with Crippen LogP contribution >= 0.6 is 0 Å². The number of carboxylic acids is 1. The fourth-order valence-corrected chi connectivity index (χ4v) is 6.13. The molecule has 4 aliphatic rings. The van der Waals surface area contributed by atoms with Gasteiger partial charge in [-0.1, -0.05) is 12.1 Å². The first kappa shape index (κ1) is 18.3. The topological polar surface area (TPSA) is 66.8 Å². The van der Waals surface area contributed by atoms with E-state index in [1.54, 1.807) is 6.07 Å². The molecule has 4 bridgehead atoms. The predicted octanol–water partition coefficient (Wildman–Crippen LogP) is 3.28. The molecule has 1 aromatic rings. The first-order valence-electron chi connectivity index (χ1n) is 10.1. The summed E-state index contributed by atoms with van der Waals surface area (Å²) in [6, 6.07) is 5.92. The molecule has 1 N–H and O–H groups in total. The van der Waals surface area contributed by atoms with Crippen LogP contribution in [0.25, 0.3) is 0 Å². The van der Waals surface area contributed by atoms with Gasteiger partial charge in [0.2, 0.25) is 5.91 Å². The minimum atomic E-state index is -1.00. The zero-order valence-electron chi connectivity index (χ0n) is 16.2. The molecule has 1 amide bonds. The number of ether oxygens (including phenoxy) is 1. The van der Waals surface area contributed by atoms with E-state index >= 15 is 0 Å². The lowest BCUT2D eigenvalue weighted by molar-refractivity contribution is -0.140. The summed E-state index contributed by atoms with van der Waals surface area (Å²) in [5, 5.41) is 8.81. The summed E-state index contributed by atoms with van der Waals surface area (Å²) in [5.41, 5.74) is 1.77. The molecular weight excluding hydrogens is 342 g/mol. The van der Waals surface area contributed by atoms with E-state index in [2.05, 4.69) is 0 Å². The van der Waals surface area contributed by atoms with Crippen LogP contribution in [0.15, 0.2) is 18.2 Å². The molecule has 0 heterocycles. The molecule has 27 heavy (non-hydrogen) atoms. The SMILES string of the molecule is Cc1c(CC(=O)N(C)C2C3CC4CC(C3)CC2C4)cccc1OCC(=O)O. The Bertz CT molecular complexity index is 716. The van der Waals surface area contributed by atoms with Crippen molar-refractivity contribution in [2.24, 2.45) is 23.7 Å². The van der Waals surface area contributed by atoms with E-state index in [0.29, 0.717) is 30.0 Å². The number of aliphatic carboxylic acids is 1. The highest BCUT2D eigenvalue weighted by atomic mass is 16.5. The van der Waals surface area contributed by atoms with E-state index < -0.39 is 5.97 Å². The van der Waals surface area contributed by atoms with E-state index in [0.717, 1.165) is 23.0 Å². The molecule has 1 aromatic carbocycles. The van der Waals surface area contributed by atoms with Crippen LogP contribution in [0.2, 0.25) is 0 Å². The van der Waals surface area contributed by atoms with Gasteiger partial charge in [-0.3, -0.25) is 4.79 Å². The largest absolute Gasteiger partial charge is 0.482 e. The molecule has 0 atom stereocenters. The van der Waals surface area contributed by atoms with Gasteiger partial charge < -0.3 is 14.7 Å². The molecular formula is C22H29NO4. The number of rotatable bonds is 6. The summed E-state index contributed by atoms with van der Waals surface area (Å²) in [6.07, 6.45) is 6.95. The summed E-state index contributed by atoms with van der Waals surface area (Å²) >= 11 is 0. The fraction of sp³-hybridized carbons (Fsp3) is 0.636. The third kappa shape index (κ3) is 3.56. The maximum atomic E-state index is 13.1. The highest BCUT2D eigenvalue weighted by Crippen LogP contribution is 2.55. The van der Waals surface area contributed by atoms with Crippen molar-refractivity contribution >= 4 is 11.9 Å². The Morgan fingerprint density at radius 2 is 1.74 bits per heavy atom.